The van der Waals surface area contributed by atoms with Gasteiger partial charge < -0.3 is 4.74 Å². The summed E-state index contributed by atoms with van der Waals surface area (Å²) in [7, 11) is -3.43. The number of hydrogen-bond donors (Lipinski definition) is 0. The quantitative estimate of drug-likeness (QED) is 0.631. The van der Waals surface area contributed by atoms with Gasteiger partial charge in [0, 0.05) is 26.2 Å². The molecule has 7 nitrogen and oxygen atoms in total. The van der Waals surface area contributed by atoms with Crippen LogP contribution in [0.1, 0.15) is 20.3 Å². The van der Waals surface area contributed by atoms with Crippen LogP contribution in [0.4, 0.5) is 0 Å². The molecule has 1 saturated heterocycles. The minimum Gasteiger partial charge on any atom is -0.466 e. The van der Waals surface area contributed by atoms with Gasteiger partial charge in [-0.2, -0.15) is 9.57 Å². The minimum absolute atomic E-state index is 0.120. The van der Waals surface area contributed by atoms with Gasteiger partial charge in [0.2, 0.25) is 10.0 Å². The molecule has 0 radical (unpaired) electrons. The molecule has 0 bridgehead atoms. The highest BCUT2D eigenvalue weighted by atomic mass is 32.2. The lowest BCUT2D eigenvalue weighted by atomic mass is 10.2. The van der Waals surface area contributed by atoms with Crippen LogP contribution in [0.5, 0.6) is 0 Å². The summed E-state index contributed by atoms with van der Waals surface area (Å²) in [6.07, 6.45) is -0.120. The zero-order chi connectivity index (χ0) is 15.2. The Kier molecular flexibility index (Phi) is 6.39. The average molecular weight is 303 g/mol. The van der Waals surface area contributed by atoms with Crippen molar-refractivity contribution in [2.75, 3.05) is 38.5 Å². The number of sulfonamides is 1. The van der Waals surface area contributed by atoms with Crippen molar-refractivity contribution in [1.29, 1.82) is 5.26 Å². The Morgan fingerprint density at radius 2 is 1.95 bits per heavy atom. The molecule has 0 aromatic rings. The lowest BCUT2D eigenvalue weighted by Gasteiger charge is -2.35. The number of rotatable bonds is 6. The maximum absolute atomic E-state index is 12.1. The van der Waals surface area contributed by atoms with E-state index in [-0.39, 0.29) is 24.8 Å². The van der Waals surface area contributed by atoms with Crippen LogP contribution < -0.4 is 0 Å². The highest BCUT2D eigenvalue weighted by molar-refractivity contribution is 7.89. The summed E-state index contributed by atoms with van der Waals surface area (Å²) in [5.74, 6) is -0.715. The van der Waals surface area contributed by atoms with Crippen LogP contribution in [0.2, 0.25) is 0 Å². The Labute approximate surface area is 120 Å². The van der Waals surface area contributed by atoms with Crippen molar-refractivity contribution in [2.45, 2.75) is 26.3 Å². The van der Waals surface area contributed by atoms with E-state index in [0.29, 0.717) is 26.2 Å². The Bertz CT molecular complexity index is 464. The summed E-state index contributed by atoms with van der Waals surface area (Å²) in [5.41, 5.74) is 0. The molecule has 1 unspecified atom stereocenters. The number of carbonyl (C=O) groups is 1. The number of piperazine rings is 1. The van der Waals surface area contributed by atoms with E-state index in [0.717, 1.165) is 0 Å². The molecular weight excluding hydrogens is 282 g/mol. The third-order valence-electron chi connectivity index (χ3n) is 3.27. The molecule has 1 aliphatic rings. The predicted molar refractivity (Wildman–Crippen MR) is 73.3 cm³/mol. The molecule has 8 heteroatoms. The number of esters is 1. The minimum atomic E-state index is -3.43. The molecular formula is C12H21N3O4S. The summed E-state index contributed by atoms with van der Waals surface area (Å²) in [4.78, 5) is 13.1. The van der Waals surface area contributed by atoms with E-state index >= 15 is 0 Å². The second-order valence-electron chi connectivity index (χ2n) is 4.61. The van der Waals surface area contributed by atoms with Crippen LogP contribution in [-0.2, 0) is 19.6 Å². The van der Waals surface area contributed by atoms with Gasteiger partial charge in [-0.15, -0.1) is 0 Å². The molecule has 0 aromatic carbocycles. The number of nitrogens with zero attached hydrogens (tertiary/aromatic N) is 3. The first-order valence-electron chi connectivity index (χ1n) is 6.67. The summed E-state index contributed by atoms with van der Waals surface area (Å²) in [6.45, 7) is 5.52. The standard InChI is InChI=1S/C12H21N3O4S/c1-3-19-12(16)4-9-20(17,18)15-7-5-14(6-8-15)11(2)10-13/h11H,3-9H2,1-2H3. The maximum Gasteiger partial charge on any atom is 0.306 e. The van der Waals surface area contributed by atoms with E-state index in [4.69, 9.17) is 10.00 Å². The van der Waals surface area contributed by atoms with E-state index in [1.807, 2.05) is 4.90 Å². The van der Waals surface area contributed by atoms with Gasteiger partial charge in [0.25, 0.3) is 0 Å². The van der Waals surface area contributed by atoms with Gasteiger partial charge in [0.15, 0.2) is 0 Å². The number of nitriles is 1. The topological polar surface area (TPSA) is 90.7 Å². The first kappa shape index (κ1) is 16.9. The van der Waals surface area contributed by atoms with Gasteiger partial charge in [0.1, 0.15) is 0 Å². The molecule has 0 aliphatic carbocycles. The van der Waals surface area contributed by atoms with Gasteiger partial charge in [-0.05, 0) is 13.8 Å². The Morgan fingerprint density at radius 1 is 1.35 bits per heavy atom. The molecule has 114 valence electrons. The zero-order valence-electron chi connectivity index (χ0n) is 11.9. The van der Waals surface area contributed by atoms with Gasteiger partial charge >= 0.3 is 5.97 Å². The van der Waals surface area contributed by atoms with Gasteiger partial charge in [-0.3, -0.25) is 9.69 Å². The molecule has 0 N–H and O–H groups in total. The lowest BCUT2D eigenvalue weighted by molar-refractivity contribution is -0.142. The van der Waals surface area contributed by atoms with Gasteiger partial charge in [0.05, 0.1) is 30.9 Å². The van der Waals surface area contributed by atoms with E-state index in [9.17, 15) is 13.2 Å². The van der Waals surface area contributed by atoms with Crippen molar-refractivity contribution in [2.24, 2.45) is 0 Å². The summed E-state index contributed by atoms with van der Waals surface area (Å²) < 4.78 is 30.3. The number of ether oxygens (including phenoxy) is 1. The van der Waals surface area contributed by atoms with Gasteiger partial charge in [-0.1, -0.05) is 0 Å². The molecule has 1 rings (SSSR count). The molecule has 0 saturated carbocycles. The molecule has 0 spiro atoms. The average Bonchev–Trinajstić information content (AvgIpc) is 2.45. The first-order chi connectivity index (χ1) is 9.40. The molecule has 1 heterocycles. The SMILES string of the molecule is CCOC(=O)CCS(=O)(=O)N1CCN(C(C)C#N)CC1. The second-order valence-corrected chi connectivity index (χ2v) is 6.70. The van der Waals surface area contributed by atoms with Crippen molar-refractivity contribution >= 4 is 16.0 Å². The van der Waals surface area contributed by atoms with Crippen molar-refractivity contribution < 1.29 is 17.9 Å². The fraction of sp³-hybridized carbons (Fsp3) is 0.833. The van der Waals surface area contributed by atoms with Crippen molar-refractivity contribution in [3.8, 4) is 6.07 Å². The van der Waals surface area contributed by atoms with Crippen LogP contribution in [0, 0.1) is 11.3 Å². The molecule has 20 heavy (non-hydrogen) atoms. The van der Waals surface area contributed by atoms with Crippen molar-refractivity contribution in [3.05, 3.63) is 0 Å². The molecule has 1 atom stereocenters. The largest absolute Gasteiger partial charge is 0.466 e. The Morgan fingerprint density at radius 3 is 2.45 bits per heavy atom. The number of carbonyl (C=O) groups excluding carboxylic acids is 1. The third-order valence-corrected chi connectivity index (χ3v) is 5.14. The van der Waals surface area contributed by atoms with E-state index < -0.39 is 16.0 Å². The lowest BCUT2D eigenvalue weighted by Crippen LogP contribution is -2.51. The smallest absolute Gasteiger partial charge is 0.306 e. The Hall–Kier alpha value is -1.17. The van der Waals surface area contributed by atoms with E-state index in [1.165, 1.54) is 4.31 Å². The fourth-order valence-corrected chi connectivity index (χ4v) is 3.43. The van der Waals surface area contributed by atoms with Crippen LogP contribution in [0.15, 0.2) is 0 Å². The van der Waals surface area contributed by atoms with Gasteiger partial charge in [-0.25, -0.2) is 8.42 Å². The molecule has 0 amide bonds. The highest BCUT2D eigenvalue weighted by Crippen LogP contribution is 2.11. The third kappa shape index (κ3) is 4.74. The van der Waals surface area contributed by atoms with Crippen LogP contribution >= 0.6 is 0 Å². The zero-order valence-corrected chi connectivity index (χ0v) is 12.7. The molecule has 0 aromatic heterocycles. The van der Waals surface area contributed by atoms with E-state index in [1.54, 1.807) is 13.8 Å². The molecule has 1 fully saturated rings. The Balaban J connectivity index is 2.47. The van der Waals surface area contributed by atoms with Crippen LogP contribution in [0.25, 0.3) is 0 Å². The maximum atomic E-state index is 12.1. The van der Waals surface area contributed by atoms with Crippen LogP contribution in [-0.4, -0.2) is 68.2 Å². The highest BCUT2D eigenvalue weighted by Gasteiger charge is 2.28. The summed E-state index contributed by atoms with van der Waals surface area (Å²) in [5, 5.41) is 8.83. The second kappa shape index (κ2) is 7.57. The summed E-state index contributed by atoms with van der Waals surface area (Å²) in [6, 6.07) is 1.93. The summed E-state index contributed by atoms with van der Waals surface area (Å²) >= 11 is 0. The van der Waals surface area contributed by atoms with Crippen molar-refractivity contribution in [1.82, 2.24) is 9.21 Å². The number of hydrogen-bond acceptors (Lipinski definition) is 6. The predicted octanol–water partition coefficient (Wildman–Crippen LogP) is -0.201. The normalized spacial score (nSPS) is 19.2. The van der Waals surface area contributed by atoms with Crippen molar-refractivity contribution in [3.63, 3.8) is 0 Å². The van der Waals surface area contributed by atoms with Crippen LogP contribution in [0.3, 0.4) is 0 Å². The molecule has 1 aliphatic heterocycles. The van der Waals surface area contributed by atoms with E-state index in [2.05, 4.69) is 6.07 Å². The monoisotopic (exact) mass is 303 g/mol. The first-order valence-corrected chi connectivity index (χ1v) is 8.28. The fourth-order valence-electron chi connectivity index (χ4n) is 2.03.